The van der Waals surface area contributed by atoms with Gasteiger partial charge in [-0.15, -0.1) is 0 Å². The maximum atomic E-state index is 14.0. The maximum absolute atomic E-state index is 14.0. The molecule has 1 aromatic heterocycles. The monoisotopic (exact) mass is 464 g/mol. The molecule has 3 aliphatic rings. The number of nitrogens with zero attached hydrogens (tertiary/aromatic N) is 3. The van der Waals surface area contributed by atoms with E-state index in [0.717, 1.165) is 51.4 Å². The van der Waals surface area contributed by atoms with Crippen LogP contribution in [0.1, 0.15) is 57.1 Å². The summed E-state index contributed by atoms with van der Waals surface area (Å²) in [6, 6.07) is 2.95. The standard InChI is InChI=1S/C24H31F3N4O2/c1-15(2)23(6-3-19(11-23)29-18-4-7-33-8-5-18)22(32)30-12-16-9-17(24(25,26)27)10-20-21(16)31(14-30)13-28-20/h9-10,13,15,18-19,29H,3-8,11-12,14H2,1-2H3/t19-,23+/m1/s1. The SMILES string of the molecule is CC(C)[C@]1(C(=O)N2Cc3cc(C(F)(F)F)cc4ncn(c34)C2)CC[C@@H](NC2CCOCC2)C1. The third-order valence-electron chi connectivity index (χ3n) is 7.86. The number of amides is 1. The summed E-state index contributed by atoms with van der Waals surface area (Å²) in [7, 11) is 0. The molecule has 2 fully saturated rings. The lowest BCUT2D eigenvalue weighted by Crippen LogP contribution is -2.48. The molecule has 1 N–H and O–H groups in total. The molecule has 3 heterocycles. The van der Waals surface area contributed by atoms with Crippen LogP contribution in [0.5, 0.6) is 0 Å². The number of hydrogen-bond donors (Lipinski definition) is 1. The molecule has 1 saturated carbocycles. The van der Waals surface area contributed by atoms with Crippen LogP contribution in [-0.2, 0) is 28.9 Å². The van der Waals surface area contributed by atoms with E-state index in [0.29, 0.717) is 29.3 Å². The Morgan fingerprint density at radius 2 is 1.97 bits per heavy atom. The molecule has 9 heteroatoms. The largest absolute Gasteiger partial charge is 0.416 e. The minimum atomic E-state index is -4.45. The van der Waals surface area contributed by atoms with Crippen LogP contribution in [0, 0.1) is 11.3 Å². The van der Waals surface area contributed by atoms with Crippen molar-refractivity contribution in [2.75, 3.05) is 13.2 Å². The fourth-order valence-corrected chi connectivity index (χ4v) is 5.96. The molecule has 1 saturated heterocycles. The van der Waals surface area contributed by atoms with Crippen molar-refractivity contribution in [2.24, 2.45) is 11.3 Å². The Morgan fingerprint density at radius 1 is 1.21 bits per heavy atom. The summed E-state index contributed by atoms with van der Waals surface area (Å²) in [6.07, 6.45) is 1.54. The first-order valence-electron chi connectivity index (χ1n) is 11.9. The smallest absolute Gasteiger partial charge is 0.381 e. The van der Waals surface area contributed by atoms with Crippen LogP contribution in [0.4, 0.5) is 13.2 Å². The van der Waals surface area contributed by atoms with Crippen molar-refractivity contribution in [3.05, 3.63) is 29.6 Å². The summed E-state index contributed by atoms with van der Waals surface area (Å²) in [6.45, 7) is 6.21. The molecule has 0 bridgehead atoms. The van der Waals surface area contributed by atoms with Gasteiger partial charge in [-0.05, 0) is 55.7 Å². The number of ether oxygens (including phenoxy) is 1. The molecule has 33 heavy (non-hydrogen) atoms. The lowest BCUT2D eigenvalue weighted by atomic mass is 9.74. The minimum absolute atomic E-state index is 0.0405. The van der Waals surface area contributed by atoms with Crippen molar-refractivity contribution in [1.29, 1.82) is 0 Å². The molecule has 0 spiro atoms. The van der Waals surface area contributed by atoms with Gasteiger partial charge in [0.15, 0.2) is 0 Å². The van der Waals surface area contributed by atoms with Gasteiger partial charge in [-0.25, -0.2) is 4.98 Å². The summed E-state index contributed by atoms with van der Waals surface area (Å²) in [5.41, 5.74) is 0.292. The van der Waals surface area contributed by atoms with Gasteiger partial charge >= 0.3 is 6.18 Å². The Morgan fingerprint density at radius 3 is 2.67 bits per heavy atom. The summed E-state index contributed by atoms with van der Waals surface area (Å²) >= 11 is 0. The second-order valence-corrected chi connectivity index (χ2v) is 10.2. The van der Waals surface area contributed by atoms with E-state index in [9.17, 15) is 18.0 Å². The topological polar surface area (TPSA) is 59.4 Å². The molecule has 6 nitrogen and oxygen atoms in total. The average Bonchev–Trinajstić information content (AvgIpc) is 3.39. The van der Waals surface area contributed by atoms with Gasteiger partial charge in [-0.2, -0.15) is 13.2 Å². The van der Waals surface area contributed by atoms with Gasteiger partial charge in [0, 0.05) is 31.8 Å². The van der Waals surface area contributed by atoms with Gasteiger partial charge in [0.05, 0.1) is 35.0 Å². The molecule has 180 valence electrons. The first-order valence-corrected chi connectivity index (χ1v) is 11.9. The number of alkyl halides is 3. The van der Waals surface area contributed by atoms with Crippen molar-refractivity contribution in [2.45, 2.75) is 77.4 Å². The number of halogens is 3. The Bertz CT molecular complexity index is 1040. The van der Waals surface area contributed by atoms with Gasteiger partial charge in [0.2, 0.25) is 5.91 Å². The highest BCUT2D eigenvalue weighted by Gasteiger charge is 2.50. The van der Waals surface area contributed by atoms with E-state index in [4.69, 9.17) is 4.74 Å². The van der Waals surface area contributed by atoms with Crippen molar-refractivity contribution >= 4 is 16.9 Å². The van der Waals surface area contributed by atoms with E-state index in [1.807, 2.05) is 0 Å². The van der Waals surface area contributed by atoms with E-state index >= 15 is 0 Å². The van der Waals surface area contributed by atoms with Crippen molar-refractivity contribution in [1.82, 2.24) is 19.8 Å². The summed E-state index contributed by atoms with van der Waals surface area (Å²) < 4.78 is 47.5. The Kier molecular flexibility index (Phi) is 5.68. The number of nitrogens with one attached hydrogen (secondary N) is 1. The van der Waals surface area contributed by atoms with Crippen LogP contribution in [0.2, 0.25) is 0 Å². The zero-order valence-corrected chi connectivity index (χ0v) is 19.1. The highest BCUT2D eigenvalue weighted by Crippen LogP contribution is 2.47. The Balaban J connectivity index is 1.38. The number of aromatic nitrogens is 2. The second-order valence-electron chi connectivity index (χ2n) is 10.2. The highest BCUT2D eigenvalue weighted by molar-refractivity contribution is 5.86. The molecule has 1 amide bonds. The number of carbonyl (C=O) groups excluding carboxylic acids is 1. The lowest BCUT2D eigenvalue weighted by molar-refractivity contribution is -0.147. The molecule has 2 atom stereocenters. The first-order chi connectivity index (χ1) is 15.7. The third kappa shape index (κ3) is 4.03. The predicted molar refractivity (Wildman–Crippen MR) is 117 cm³/mol. The van der Waals surface area contributed by atoms with Crippen LogP contribution in [0.3, 0.4) is 0 Å². The van der Waals surface area contributed by atoms with Gasteiger partial charge in [0.1, 0.15) is 0 Å². The van der Waals surface area contributed by atoms with Crippen molar-refractivity contribution in [3.63, 3.8) is 0 Å². The van der Waals surface area contributed by atoms with Crippen LogP contribution in [0.15, 0.2) is 18.5 Å². The molecule has 1 aromatic carbocycles. The zero-order valence-electron chi connectivity index (χ0n) is 19.1. The van der Waals surface area contributed by atoms with E-state index in [1.165, 1.54) is 6.07 Å². The molecule has 0 unspecified atom stereocenters. The quantitative estimate of drug-likeness (QED) is 0.732. The minimum Gasteiger partial charge on any atom is -0.381 e. The van der Waals surface area contributed by atoms with Crippen LogP contribution >= 0.6 is 0 Å². The molecule has 1 aliphatic carbocycles. The van der Waals surface area contributed by atoms with Gasteiger partial charge in [0.25, 0.3) is 0 Å². The van der Waals surface area contributed by atoms with Crippen LogP contribution in [0.25, 0.3) is 11.0 Å². The molecule has 2 aliphatic heterocycles. The second kappa shape index (κ2) is 8.27. The molecular formula is C24H31F3N4O2. The summed E-state index contributed by atoms with van der Waals surface area (Å²) in [4.78, 5) is 19.9. The van der Waals surface area contributed by atoms with Crippen LogP contribution in [-0.4, -0.2) is 45.7 Å². The number of benzene rings is 1. The molecule has 0 radical (unpaired) electrons. The van der Waals surface area contributed by atoms with Crippen molar-refractivity contribution < 1.29 is 22.7 Å². The zero-order chi connectivity index (χ0) is 23.4. The van der Waals surface area contributed by atoms with E-state index in [-0.39, 0.29) is 24.4 Å². The Hall–Kier alpha value is -2.13. The van der Waals surface area contributed by atoms with E-state index in [1.54, 1.807) is 15.8 Å². The third-order valence-corrected chi connectivity index (χ3v) is 7.86. The Labute approximate surface area is 191 Å². The summed E-state index contributed by atoms with van der Waals surface area (Å²) in [5.74, 6) is 0.177. The lowest BCUT2D eigenvalue weighted by Gasteiger charge is -2.39. The van der Waals surface area contributed by atoms with Gasteiger partial charge in [-0.3, -0.25) is 4.79 Å². The number of imidazole rings is 1. The number of hydrogen-bond acceptors (Lipinski definition) is 4. The molecular weight excluding hydrogens is 433 g/mol. The number of carbonyl (C=O) groups is 1. The van der Waals surface area contributed by atoms with Crippen LogP contribution < -0.4 is 5.32 Å². The van der Waals surface area contributed by atoms with E-state index < -0.39 is 17.2 Å². The fraction of sp³-hybridized carbons (Fsp3) is 0.667. The predicted octanol–water partition coefficient (Wildman–Crippen LogP) is 4.32. The number of rotatable bonds is 4. The van der Waals surface area contributed by atoms with Gasteiger partial charge < -0.3 is 19.5 Å². The summed E-state index contributed by atoms with van der Waals surface area (Å²) in [5, 5.41) is 3.75. The maximum Gasteiger partial charge on any atom is 0.416 e. The first kappa shape index (κ1) is 22.7. The molecule has 2 aromatic rings. The normalized spacial score (nSPS) is 26.5. The molecule has 5 rings (SSSR count). The fourth-order valence-electron chi connectivity index (χ4n) is 5.96. The average molecular weight is 465 g/mol. The van der Waals surface area contributed by atoms with Gasteiger partial charge in [-0.1, -0.05) is 13.8 Å². The van der Waals surface area contributed by atoms with E-state index in [2.05, 4.69) is 24.1 Å². The van der Waals surface area contributed by atoms with Crippen molar-refractivity contribution in [3.8, 4) is 0 Å². The highest BCUT2D eigenvalue weighted by atomic mass is 19.4.